The molecule has 17 heavy (non-hydrogen) atoms. The second-order valence-electron chi connectivity index (χ2n) is 5.31. The molecule has 96 valence electrons. The van der Waals surface area contributed by atoms with Crippen LogP contribution in [-0.2, 0) is 6.54 Å². The largest absolute Gasteiger partial charge is 0.508 e. The summed E-state index contributed by atoms with van der Waals surface area (Å²) in [5, 5.41) is 9.62. The Hall–Kier alpha value is -1.13. The molecule has 0 aliphatic carbocycles. The van der Waals surface area contributed by atoms with Crippen molar-refractivity contribution in [3.63, 3.8) is 0 Å². The van der Waals surface area contributed by atoms with Gasteiger partial charge in [0.25, 0.3) is 0 Å². The second kappa shape index (κ2) is 5.47. The van der Waals surface area contributed by atoms with Gasteiger partial charge in [-0.15, -0.1) is 0 Å². The van der Waals surface area contributed by atoms with E-state index in [0.717, 1.165) is 6.54 Å². The lowest BCUT2D eigenvalue weighted by atomic mass is 9.93. The lowest BCUT2D eigenvalue weighted by molar-refractivity contribution is 0.208. The number of halogens is 1. The predicted molar refractivity (Wildman–Crippen MR) is 67.2 cm³/mol. The van der Waals surface area contributed by atoms with E-state index in [1.165, 1.54) is 18.2 Å². The zero-order valence-electron chi connectivity index (χ0n) is 10.7. The van der Waals surface area contributed by atoms with Gasteiger partial charge in [0.2, 0.25) is 0 Å². The normalized spacial score (nSPS) is 12.1. The van der Waals surface area contributed by atoms with E-state index in [1.807, 2.05) is 11.9 Å². The Morgan fingerprint density at radius 2 is 2.06 bits per heavy atom. The van der Waals surface area contributed by atoms with Crippen molar-refractivity contribution in [3.8, 4) is 5.75 Å². The van der Waals surface area contributed by atoms with Crippen molar-refractivity contribution in [3.05, 3.63) is 29.6 Å². The summed E-state index contributed by atoms with van der Waals surface area (Å²) >= 11 is 0. The number of hydrogen-bond acceptors (Lipinski definition) is 3. The first-order chi connectivity index (χ1) is 7.84. The smallest absolute Gasteiger partial charge is 0.123 e. The lowest BCUT2D eigenvalue weighted by Crippen LogP contribution is -2.36. The number of phenols is 1. The highest BCUT2D eigenvalue weighted by molar-refractivity contribution is 5.32. The minimum atomic E-state index is -0.329. The fourth-order valence-electron chi connectivity index (χ4n) is 1.82. The van der Waals surface area contributed by atoms with Crippen LogP contribution in [0.1, 0.15) is 19.4 Å². The number of phenolic OH excluding ortho intramolecular Hbond substituents is 1. The molecular weight excluding hydrogens is 219 g/mol. The van der Waals surface area contributed by atoms with E-state index in [4.69, 9.17) is 5.73 Å². The summed E-state index contributed by atoms with van der Waals surface area (Å²) < 4.78 is 13.1. The molecule has 0 bridgehead atoms. The van der Waals surface area contributed by atoms with Gasteiger partial charge in [0, 0.05) is 18.7 Å². The molecular formula is C13H21FN2O. The van der Waals surface area contributed by atoms with Crippen LogP contribution in [0.15, 0.2) is 18.2 Å². The second-order valence-corrected chi connectivity index (χ2v) is 5.31. The van der Waals surface area contributed by atoms with E-state index in [9.17, 15) is 9.50 Å². The number of rotatable bonds is 5. The van der Waals surface area contributed by atoms with Crippen LogP contribution < -0.4 is 5.73 Å². The summed E-state index contributed by atoms with van der Waals surface area (Å²) in [7, 11) is 1.93. The summed E-state index contributed by atoms with van der Waals surface area (Å²) in [5.41, 5.74) is 6.28. The maximum Gasteiger partial charge on any atom is 0.123 e. The van der Waals surface area contributed by atoms with Gasteiger partial charge in [-0.25, -0.2) is 4.39 Å². The van der Waals surface area contributed by atoms with E-state index >= 15 is 0 Å². The highest BCUT2D eigenvalue weighted by Crippen LogP contribution is 2.21. The summed E-state index contributed by atoms with van der Waals surface area (Å²) in [6.07, 6.45) is 0. The first-order valence-corrected chi connectivity index (χ1v) is 5.70. The standard InChI is InChI=1S/C13H21FN2O/c1-13(2,8-15)9-16(3)7-10-6-11(14)4-5-12(10)17/h4-6,17H,7-9,15H2,1-3H3. The topological polar surface area (TPSA) is 49.5 Å². The van der Waals surface area contributed by atoms with Crippen LogP contribution in [0.2, 0.25) is 0 Å². The Bertz CT molecular complexity index is 380. The molecule has 0 spiro atoms. The third-order valence-corrected chi connectivity index (χ3v) is 2.73. The maximum absolute atomic E-state index is 13.1. The Labute approximate surface area is 102 Å². The minimum Gasteiger partial charge on any atom is -0.508 e. The van der Waals surface area contributed by atoms with E-state index in [2.05, 4.69) is 13.8 Å². The van der Waals surface area contributed by atoms with Gasteiger partial charge >= 0.3 is 0 Å². The van der Waals surface area contributed by atoms with Crippen molar-refractivity contribution in [2.45, 2.75) is 20.4 Å². The van der Waals surface area contributed by atoms with Crippen molar-refractivity contribution in [1.82, 2.24) is 4.90 Å². The molecule has 0 heterocycles. The summed E-state index contributed by atoms with van der Waals surface area (Å²) in [6, 6.07) is 4.00. The Balaban J connectivity index is 2.68. The number of hydrogen-bond donors (Lipinski definition) is 2. The molecule has 0 aliphatic heterocycles. The van der Waals surface area contributed by atoms with Crippen molar-refractivity contribution >= 4 is 0 Å². The van der Waals surface area contributed by atoms with Crippen LogP contribution in [0.3, 0.4) is 0 Å². The van der Waals surface area contributed by atoms with Crippen LogP contribution in [0, 0.1) is 11.2 Å². The minimum absolute atomic E-state index is 0.0116. The molecule has 0 fully saturated rings. The molecule has 0 radical (unpaired) electrons. The molecule has 0 unspecified atom stereocenters. The molecule has 3 N–H and O–H groups in total. The van der Waals surface area contributed by atoms with Crippen LogP contribution in [0.4, 0.5) is 4.39 Å². The Kier molecular flexibility index (Phi) is 4.48. The van der Waals surface area contributed by atoms with Gasteiger partial charge in [-0.3, -0.25) is 0 Å². The molecule has 4 heteroatoms. The van der Waals surface area contributed by atoms with Crippen LogP contribution in [0.5, 0.6) is 5.75 Å². The molecule has 0 amide bonds. The van der Waals surface area contributed by atoms with Crippen molar-refractivity contribution in [2.75, 3.05) is 20.1 Å². The third kappa shape index (κ3) is 4.32. The van der Waals surface area contributed by atoms with Gasteiger partial charge in [-0.1, -0.05) is 13.8 Å². The van der Waals surface area contributed by atoms with Crippen LogP contribution >= 0.6 is 0 Å². The summed E-state index contributed by atoms with van der Waals surface area (Å²) in [4.78, 5) is 2.03. The molecule has 3 nitrogen and oxygen atoms in total. The first-order valence-electron chi connectivity index (χ1n) is 5.70. The summed E-state index contributed by atoms with van der Waals surface area (Å²) in [5.74, 6) is -0.201. The molecule has 0 saturated heterocycles. The van der Waals surface area contributed by atoms with Gasteiger partial charge in [0.1, 0.15) is 11.6 Å². The molecule has 1 rings (SSSR count). The lowest BCUT2D eigenvalue weighted by Gasteiger charge is -2.29. The quantitative estimate of drug-likeness (QED) is 0.827. The molecule has 0 aromatic heterocycles. The van der Waals surface area contributed by atoms with E-state index in [0.29, 0.717) is 18.7 Å². The zero-order chi connectivity index (χ0) is 13.1. The third-order valence-electron chi connectivity index (χ3n) is 2.73. The Morgan fingerprint density at radius 1 is 1.41 bits per heavy atom. The number of nitrogens with zero attached hydrogens (tertiary/aromatic N) is 1. The average Bonchev–Trinajstić information content (AvgIpc) is 2.23. The fraction of sp³-hybridized carbons (Fsp3) is 0.538. The molecule has 0 saturated carbocycles. The molecule has 1 aromatic carbocycles. The predicted octanol–water partition coefficient (Wildman–Crippen LogP) is 1.95. The molecule has 0 aliphatic rings. The zero-order valence-corrected chi connectivity index (χ0v) is 10.7. The van der Waals surface area contributed by atoms with Crippen molar-refractivity contribution < 1.29 is 9.50 Å². The van der Waals surface area contributed by atoms with Gasteiger partial charge in [-0.2, -0.15) is 0 Å². The summed E-state index contributed by atoms with van der Waals surface area (Å²) in [6.45, 7) is 6.04. The number of nitrogens with two attached hydrogens (primary N) is 1. The van der Waals surface area contributed by atoms with Gasteiger partial charge in [0.15, 0.2) is 0 Å². The van der Waals surface area contributed by atoms with Crippen LogP contribution in [0.25, 0.3) is 0 Å². The monoisotopic (exact) mass is 240 g/mol. The van der Waals surface area contributed by atoms with E-state index < -0.39 is 0 Å². The SMILES string of the molecule is CN(Cc1cc(F)ccc1O)CC(C)(C)CN. The van der Waals surface area contributed by atoms with Crippen molar-refractivity contribution in [1.29, 1.82) is 0 Å². The maximum atomic E-state index is 13.1. The number of aromatic hydroxyl groups is 1. The van der Waals surface area contributed by atoms with Crippen LogP contribution in [-0.4, -0.2) is 30.1 Å². The molecule has 0 atom stereocenters. The van der Waals surface area contributed by atoms with Gasteiger partial charge in [0.05, 0.1) is 0 Å². The van der Waals surface area contributed by atoms with Gasteiger partial charge < -0.3 is 15.7 Å². The van der Waals surface area contributed by atoms with Crippen molar-refractivity contribution in [2.24, 2.45) is 11.1 Å². The fourth-order valence-corrected chi connectivity index (χ4v) is 1.82. The highest BCUT2D eigenvalue weighted by atomic mass is 19.1. The van der Waals surface area contributed by atoms with E-state index in [1.54, 1.807) is 0 Å². The average molecular weight is 240 g/mol. The highest BCUT2D eigenvalue weighted by Gasteiger charge is 2.18. The molecule has 1 aromatic rings. The first kappa shape index (κ1) is 13.9. The number of benzene rings is 1. The van der Waals surface area contributed by atoms with Gasteiger partial charge in [-0.05, 0) is 37.2 Å². The Morgan fingerprint density at radius 3 is 2.65 bits per heavy atom. The van der Waals surface area contributed by atoms with E-state index in [-0.39, 0.29) is 17.0 Å².